The Hall–Kier alpha value is -5.22. The van der Waals surface area contributed by atoms with E-state index in [0.29, 0.717) is 0 Å². The van der Waals surface area contributed by atoms with E-state index in [0.717, 1.165) is 55.9 Å². The lowest BCUT2D eigenvalue weighted by molar-refractivity contribution is 0.448. The average Bonchev–Trinajstić information content (AvgIpc) is 3.38. The van der Waals surface area contributed by atoms with Crippen LogP contribution in [0.25, 0.3) is 61.3 Å². The van der Waals surface area contributed by atoms with E-state index in [9.17, 15) is 5.11 Å². The van der Waals surface area contributed by atoms with E-state index in [-0.39, 0.29) is 16.6 Å². The molecule has 4 nitrogen and oxygen atoms in total. The molecule has 1 aliphatic rings. The maximum Gasteiger partial charge on any atom is 0.145 e. The van der Waals surface area contributed by atoms with Gasteiger partial charge < -0.3 is 5.11 Å². The fourth-order valence-corrected chi connectivity index (χ4v) is 7.15. The number of fused-ring (bicyclic) bond motifs is 5. The van der Waals surface area contributed by atoms with Crippen molar-refractivity contribution in [1.29, 1.82) is 0 Å². The predicted octanol–water partition coefficient (Wildman–Crippen LogP) is 10.2. The highest BCUT2D eigenvalue weighted by molar-refractivity contribution is 6.10. The largest absolute Gasteiger partial charge is 0.507 e. The molecule has 8 rings (SSSR count). The van der Waals surface area contributed by atoms with E-state index < -0.39 is 0 Å². The van der Waals surface area contributed by atoms with E-state index >= 15 is 0 Å². The van der Waals surface area contributed by atoms with Gasteiger partial charge in [0.2, 0.25) is 0 Å². The first kappa shape index (κ1) is 27.3. The molecule has 4 aromatic carbocycles. The molecule has 220 valence electrons. The van der Waals surface area contributed by atoms with Gasteiger partial charge in [-0.2, -0.15) is 0 Å². The summed E-state index contributed by atoms with van der Waals surface area (Å²) in [7, 11) is 0. The van der Waals surface area contributed by atoms with Crippen LogP contribution < -0.4 is 0 Å². The Morgan fingerprint density at radius 2 is 1.42 bits per heavy atom. The molecule has 0 spiro atoms. The number of aromatic nitrogens is 3. The van der Waals surface area contributed by atoms with Crippen LogP contribution in [0.5, 0.6) is 5.75 Å². The normalized spacial score (nSPS) is 13.7. The van der Waals surface area contributed by atoms with Crippen LogP contribution in [-0.4, -0.2) is 19.6 Å². The summed E-state index contributed by atoms with van der Waals surface area (Å²) in [6, 6.07) is 38.1. The molecule has 0 atom stereocenters. The Morgan fingerprint density at radius 1 is 0.667 bits per heavy atom. The van der Waals surface area contributed by atoms with Gasteiger partial charge in [-0.25, -0.2) is 9.97 Å². The van der Waals surface area contributed by atoms with Crippen LogP contribution in [0.1, 0.15) is 51.3 Å². The van der Waals surface area contributed by atoms with Crippen LogP contribution in [-0.2, 0) is 10.8 Å². The predicted molar refractivity (Wildman–Crippen MR) is 185 cm³/mol. The Balaban J connectivity index is 1.39. The van der Waals surface area contributed by atoms with Gasteiger partial charge in [-0.15, -0.1) is 0 Å². The molecule has 3 aromatic heterocycles. The number of phenolic OH excluding ortho intramolecular Hbond substituents is 1. The van der Waals surface area contributed by atoms with Gasteiger partial charge in [-0.3, -0.25) is 4.57 Å². The number of pyridine rings is 2. The number of aromatic hydroxyl groups is 1. The van der Waals surface area contributed by atoms with Crippen LogP contribution in [0.2, 0.25) is 0 Å². The highest BCUT2D eigenvalue weighted by Gasteiger charge is 2.35. The number of rotatable bonds is 3. The maximum absolute atomic E-state index is 11.5. The van der Waals surface area contributed by atoms with Gasteiger partial charge in [0, 0.05) is 33.5 Å². The molecule has 0 fully saturated rings. The number of benzene rings is 4. The van der Waals surface area contributed by atoms with Crippen molar-refractivity contribution in [2.75, 3.05) is 0 Å². The third kappa shape index (κ3) is 4.12. The Labute approximate surface area is 263 Å². The van der Waals surface area contributed by atoms with Gasteiger partial charge in [0.1, 0.15) is 11.4 Å². The minimum atomic E-state index is -0.208. The summed E-state index contributed by atoms with van der Waals surface area (Å²) in [6.45, 7) is 11.0. The molecular formula is C41H35N3O. The van der Waals surface area contributed by atoms with Crippen molar-refractivity contribution in [2.24, 2.45) is 0 Å². The minimum absolute atomic E-state index is 0.193. The van der Waals surface area contributed by atoms with Crippen molar-refractivity contribution in [3.8, 4) is 45.1 Å². The fourth-order valence-electron chi connectivity index (χ4n) is 7.15. The van der Waals surface area contributed by atoms with E-state index in [2.05, 4.69) is 118 Å². The molecule has 0 bridgehead atoms. The molecule has 1 aliphatic heterocycles. The van der Waals surface area contributed by atoms with E-state index in [1.165, 1.54) is 22.0 Å². The highest BCUT2D eigenvalue weighted by Crippen LogP contribution is 2.48. The SMILES string of the molecule is CC(C)(C)c1cccc(-c2cc(-c3ccccc3)cc(-c3ccc4c(c3)-n3c5ncccc5c5cccc(c53)C4(C)C)n2)c1O. The van der Waals surface area contributed by atoms with Gasteiger partial charge >= 0.3 is 0 Å². The summed E-state index contributed by atoms with van der Waals surface area (Å²) in [6.07, 6.45) is 1.88. The monoisotopic (exact) mass is 585 g/mol. The molecule has 0 aliphatic carbocycles. The summed E-state index contributed by atoms with van der Waals surface area (Å²) < 4.78 is 2.34. The van der Waals surface area contributed by atoms with Crippen LogP contribution in [0.4, 0.5) is 0 Å². The van der Waals surface area contributed by atoms with Gasteiger partial charge in [-0.05, 0) is 69.6 Å². The van der Waals surface area contributed by atoms with Crippen molar-refractivity contribution in [2.45, 2.75) is 45.4 Å². The number of para-hydroxylation sites is 2. The zero-order valence-electron chi connectivity index (χ0n) is 26.3. The summed E-state index contributed by atoms with van der Waals surface area (Å²) >= 11 is 0. The Morgan fingerprint density at radius 3 is 2.22 bits per heavy atom. The van der Waals surface area contributed by atoms with Crippen molar-refractivity contribution in [3.63, 3.8) is 0 Å². The molecular weight excluding hydrogens is 550 g/mol. The van der Waals surface area contributed by atoms with Crippen molar-refractivity contribution < 1.29 is 5.11 Å². The Kier molecular flexibility index (Phi) is 5.86. The minimum Gasteiger partial charge on any atom is -0.507 e. The smallest absolute Gasteiger partial charge is 0.145 e. The third-order valence-electron chi connectivity index (χ3n) is 9.48. The number of hydrogen-bond acceptors (Lipinski definition) is 3. The summed E-state index contributed by atoms with van der Waals surface area (Å²) in [5.41, 5.74) is 11.9. The lowest BCUT2D eigenvalue weighted by Gasteiger charge is -2.34. The summed E-state index contributed by atoms with van der Waals surface area (Å²) in [4.78, 5) is 10.1. The summed E-state index contributed by atoms with van der Waals surface area (Å²) in [5, 5.41) is 13.9. The van der Waals surface area contributed by atoms with Crippen LogP contribution in [0.3, 0.4) is 0 Å². The molecule has 4 heterocycles. The first-order valence-electron chi connectivity index (χ1n) is 15.6. The second-order valence-corrected chi connectivity index (χ2v) is 13.7. The van der Waals surface area contributed by atoms with E-state index in [1.807, 2.05) is 36.5 Å². The van der Waals surface area contributed by atoms with Crippen LogP contribution in [0, 0.1) is 0 Å². The molecule has 4 heteroatoms. The zero-order chi connectivity index (χ0) is 31.1. The number of hydrogen-bond donors (Lipinski definition) is 1. The molecule has 0 amide bonds. The standard InChI is InChI=1S/C41H35N3O/c1-40(2,3)33-18-10-15-30(38(33)45)35-23-27(25-12-7-6-8-13-25)22-34(43-35)26-19-20-31-36(24-26)44-37-28(29-16-11-21-42-39(29)44)14-9-17-32(37)41(31,4)5/h6-24,45H,1-5H3. The van der Waals surface area contributed by atoms with Gasteiger partial charge in [-0.1, -0.05) is 107 Å². The molecule has 0 radical (unpaired) electrons. The van der Waals surface area contributed by atoms with Crippen LogP contribution >= 0.6 is 0 Å². The topological polar surface area (TPSA) is 50.9 Å². The second-order valence-electron chi connectivity index (χ2n) is 13.7. The van der Waals surface area contributed by atoms with Gasteiger partial charge in [0.15, 0.2) is 0 Å². The molecule has 0 saturated carbocycles. The fraction of sp³-hybridized carbons (Fsp3) is 0.171. The van der Waals surface area contributed by atoms with Crippen LogP contribution in [0.15, 0.2) is 115 Å². The lowest BCUT2D eigenvalue weighted by atomic mass is 9.74. The quantitative estimate of drug-likeness (QED) is 0.224. The zero-order valence-corrected chi connectivity index (χ0v) is 26.3. The van der Waals surface area contributed by atoms with E-state index in [1.54, 1.807) is 0 Å². The molecule has 0 unspecified atom stereocenters. The maximum atomic E-state index is 11.5. The lowest BCUT2D eigenvalue weighted by Crippen LogP contribution is -2.26. The first-order chi connectivity index (χ1) is 21.6. The first-order valence-corrected chi connectivity index (χ1v) is 15.6. The highest BCUT2D eigenvalue weighted by atomic mass is 16.3. The average molecular weight is 586 g/mol. The van der Waals surface area contributed by atoms with Crippen molar-refractivity contribution in [3.05, 3.63) is 132 Å². The molecule has 0 saturated heterocycles. The van der Waals surface area contributed by atoms with Gasteiger partial charge in [0.25, 0.3) is 0 Å². The second kappa shape index (κ2) is 9.64. The third-order valence-corrected chi connectivity index (χ3v) is 9.48. The molecule has 7 aromatic rings. The number of phenols is 1. The Bertz CT molecular complexity index is 2290. The molecule has 45 heavy (non-hydrogen) atoms. The summed E-state index contributed by atoms with van der Waals surface area (Å²) in [5.74, 6) is 0.282. The van der Waals surface area contributed by atoms with Crippen molar-refractivity contribution in [1.82, 2.24) is 14.5 Å². The van der Waals surface area contributed by atoms with Gasteiger partial charge in [0.05, 0.1) is 22.6 Å². The number of nitrogens with zero attached hydrogens (tertiary/aromatic N) is 3. The molecule has 1 N–H and O–H groups in total. The van der Waals surface area contributed by atoms with Crippen molar-refractivity contribution >= 4 is 21.9 Å². The van der Waals surface area contributed by atoms with E-state index in [4.69, 9.17) is 9.97 Å².